The van der Waals surface area contributed by atoms with Crippen molar-refractivity contribution in [1.82, 2.24) is 24.9 Å². The molecule has 0 amide bonds. The lowest BCUT2D eigenvalue weighted by molar-refractivity contribution is 0.580. The minimum Gasteiger partial charge on any atom is -0.463 e. The van der Waals surface area contributed by atoms with Gasteiger partial charge in [-0.15, -0.1) is 0 Å². The molecule has 0 aliphatic rings. The Bertz CT molecular complexity index is 942. The fourth-order valence-electron chi connectivity index (χ4n) is 2.37. The molecule has 1 N–H and O–H groups in total. The number of aromatic nitrogens is 5. The third-order valence-corrected chi connectivity index (χ3v) is 3.54. The van der Waals surface area contributed by atoms with Crippen LogP contribution in [0.15, 0.2) is 72.0 Å². The zero-order valence-electron chi connectivity index (χ0n) is 13.2. The fraction of sp³-hybridized carbons (Fsp3) is 0.0556. The third-order valence-electron chi connectivity index (χ3n) is 3.54. The van der Waals surface area contributed by atoms with Gasteiger partial charge in [-0.1, -0.05) is 6.07 Å². The molecule has 7 heteroatoms. The fourth-order valence-corrected chi connectivity index (χ4v) is 2.37. The van der Waals surface area contributed by atoms with E-state index in [1.165, 1.54) is 0 Å². The van der Waals surface area contributed by atoms with Crippen molar-refractivity contribution in [3.8, 4) is 22.7 Å². The first-order valence-electron chi connectivity index (χ1n) is 7.71. The Morgan fingerprint density at radius 2 is 1.92 bits per heavy atom. The second-order valence-electron chi connectivity index (χ2n) is 5.20. The van der Waals surface area contributed by atoms with Gasteiger partial charge in [0.15, 0.2) is 5.76 Å². The van der Waals surface area contributed by atoms with Crippen molar-refractivity contribution in [2.45, 2.75) is 6.54 Å². The molecule has 0 spiro atoms. The van der Waals surface area contributed by atoms with E-state index in [2.05, 4.69) is 30.2 Å². The summed E-state index contributed by atoms with van der Waals surface area (Å²) in [6.07, 6.45) is 10.0. The van der Waals surface area contributed by atoms with Gasteiger partial charge in [0.1, 0.15) is 5.69 Å². The Labute approximate surface area is 143 Å². The topological polar surface area (TPSA) is 89.6 Å². The van der Waals surface area contributed by atoms with E-state index in [0.29, 0.717) is 29.6 Å². The highest BCUT2D eigenvalue weighted by Crippen LogP contribution is 2.29. The maximum Gasteiger partial charge on any atom is 0.223 e. The number of anilines is 1. The highest BCUT2D eigenvalue weighted by molar-refractivity contribution is 5.76. The van der Waals surface area contributed by atoms with E-state index in [9.17, 15) is 0 Å². The summed E-state index contributed by atoms with van der Waals surface area (Å²) in [6.45, 7) is 0.531. The van der Waals surface area contributed by atoms with Gasteiger partial charge in [0, 0.05) is 30.4 Å². The Hall–Kier alpha value is -3.61. The number of hydrogen-bond donors (Lipinski definition) is 1. The van der Waals surface area contributed by atoms with Gasteiger partial charge in [-0.25, -0.2) is 9.97 Å². The van der Waals surface area contributed by atoms with Crippen LogP contribution in [0.1, 0.15) is 5.69 Å². The van der Waals surface area contributed by atoms with Crippen LogP contribution in [0, 0.1) is 0 Å². The van der Waals surface area contributed by atoms with E-state index >= 15 is 0 Å². The molecule has 0 radical (unpaired) electrons. The van der Waals surface area contributed by atoms with Crippen LogP contribution in [0.4, 0.5) is 5.95 Å². The van der Waals surface area contributed by atoms with Gasteiger partial charge in [-0.3, -0.25) is 15.0 Å². The van der Waals surface area contributed by atoms with E-state index in [0.717, 1.165) is 11.3 Å². The van der Waals surface area contributed by atoms with Crippen molar-refractivity contribution >= 4 is 5.95 Å². The molecule has 4 rings (SSSR count). The average Bonchev–Trinajstić information content (AvgIpc) is 3.22. The molecule has 0 saturated heterocycles. The Balaban J connectivity index is 1.68. The molecule has 7 nitrogen and oxygen atoms in total. The average molecular weight is 330 g/mol. The van der Waals surface area contributed by atoms with Crippen LogP contribution in [0.3, 0.4) is 0 Å². The molecule has 0 fully saturated rings. The molecular formula is C18H14N6O. The number of furan rings is 1. The van der Waals surface area contributed by atoms with Gasteiger partial charge in [-0.2, -0.15) is 0 Å². The van der Waals surface area contributed by atoms with Crippen LogP contribution < -0.4 is 5.32 Å². The van der Waals surface area contributed by atoms with Crippen LogP contribution in [-0.2, 0) is 6.54 Å². The van der Waals surface area contributed by atoms with E-state index in [4.69, 9.17) is 4.42 Å². The quantitative estimate of drug-likeness (QED) is 0.601. The molecule has 4 aromatic heterocycles. The predicted octanol–water partition coefficient (Wildman–Crippen LogP) is 3.20. The number of hydrogen-bond acceptors (Lipinski definition) is 7. The van der Waals surface area contributed by atoms with Crippen molar-refractivity contribution in [2.24, 2.45) is 0 Å². The Morgan fingerprint density at radius 3 is 2.68 bits per heavy atom. The summed E-state index contributed by atoms with van der Waals surface area (Å²) >= 11 is 0. The lowest BCUT2D eigenvalue weighted by Gasteiger charge is -2.09. The molecule has 0 atom stereocenters. The molecule has 0 aliphatic carbocycles. The molecule has 25 heavy (non-hydrogen) atoms. The van der Waals surface area contributed by atoms with Gasteiger partial charge >= 0.3 is 0 Å². The summed E-state index contributed by atoms with van der Waals surface area (Å²) in [4.78, 5) is 21.7. The summed E-state index contributed by atoms with van der Waals surface area (Å²) in [5, 5.41) is 3.18. The van der Waals surface area contributed by atoms with Gasteiger partial charge in [-0.05, 0) is 24.3 Å². The van der Waals surface area contributed by atoms with Crippen LogP contribution in [0.25, 0.3) is 22.7 Å². The largest absolute Gasteiger partial charge is 0.463 e. The van der Waals surface area contributed by atoms with E-state index in [-0.39, 0.29) is 0 Å². The first-order valence-corrected chi connectivity index (χ1v) is 7.71. The zero-order valence-corrected chi connectivity index (χ0v) is 13.2. The molecule has 0 unspecified atom stereocenters. The molecule has 0 bridgehead atoms. The number of rotatable bonds is 5. The van der Waals surface area contributed by atoms with E-state index < -0.39 is 0 Å². The van der Waals surface area contributed by atoms with E-state index in [1.54, 1.807) is 37.2 Å². The molecule has 4 heterocycles. The molecule has 4 aromatic rings. The first-order chi connectivity index (χ1) is 12.4. The van der Waals surface area contributed by atoms with Crippen molar-refractivity contribution in [3.05, 3.63) is 73.3 Å². The minimum atomic E-state index is 0.490. The zero-order chi connectivity index (χ0) is 16.9. The summed E-state index contributed by atoms with van der Waals surface area (Å²) in [5.74, 6) is 1.13. The van der Waals surface area contributed by atoms with E-state index in [1.807, 2.05) is 30.3 Å². The summed E-state index contributed by atoms with van der Waals surface area (Å²) in [7, 11) is 0. The SMILES string of the molecule is c1ccc(CNc2ncc(-c3cnccn3)c(-c3ccco3)n2)nc1. The van der Waals surface area contributed by atoms with Crippen LogP contribution in [0.2, 0.25) is 0 Å². The van der Waals surface area contributed by atoms with Crippen LogP contribution in [0.5, 0.6) is 0 Å². The highest BCUT2D eigenvalue weighted by Gasteiger charge is 2.15. The molecule has 122 valence electrons. The molecule has 0 saturated carbocycles. The van der Waals surface area contributed by atoms with Crippen molar-refractivity contribution in [1.29, 1.82) is 0 Å². The monoisotopic (exact) mass is 330 g/mol. The van der Waals surface area contributed by atoms with Crippen LogP contribution >= 0.6 is 0 Å². The van der Waals surface area contributed by atoms with Gasteiger partial charge < -0.3 is 9.73 Å². The smallest absolute Gasteiger partial charge is 0.223 e. The Morgan fingerprint density at radius 1 is 0.920 bits per heavy atom. The second kappa shape index (κ2) is 6.88. The number of nitrogens with zero attached hydrogens (tertiary/aromatic N) is 5. The highest BCUT2D eigenvalue weighted by atomic mass is 16.3. The van der Waals surface area contributed by atoms with Crippen molar-refractivity contribution < 1.29 is 4.42 Å². The number of nitrogens with one attached hydrogen (secondary N) is 1. The lowest BCUT2D eigenvalue weighted by atomic mass is 10.1. The van der Waals surface area contributed by atoms with Crippen molar-refractivity contribution in [2.75, 3.05) is 5.32 Å². The first kappa shape index (κ1) is 14.9. The van der Waals surface area contributed by atoms with Gasteiger partial charge in [0.25, 0.3) is 0 Å². The van der Waals surface area contributed by atoms with Gasteiger partial charge in [0.05, 0.1) is 30.4 Å². The lowest BCUT2D eigenvalue weighted by Crippen LogP contribution is -2.06. The normalized spacial score (nSPS) is 10.6. The minimum absolute atomic E-state index is 0.490. The summed E-state index contributed by atoms with van der Waals surface area (Å²) in [6, 6.07) is 9.43. The molecule has 0 aliphatic heterocycles. The summed E-state index contributed by atoms with van der Waals surface area (Å²) < 4.78 is 5.52. The van der Waals surface area contributed by atoms with Crippen molar-refractivity contribution in [3.63, 3.8) is 0 Å². The maximum atomic E-state index is 5.52. The standard InChI is InChI=1S/C18H14N6O/c1-2-6-20-13(4-1)10-22-18-23-11-14(15-12-19-7-8-21-15)17(24-18)16-5-3-9-25-16/h1-9,11-12H,10H2,(H,22,23,24). The molecule has 0 aromatic carbocycles. The van der Waals surface area contributed by atoms with Crippen LogP contribution in [-0.4, -0.2) is 24.9 Å². The van der Waals surface area contributed by atoms with Gasteiger partial charge in [0.2, 0.25) is 5.95 Å². The summed E-state index contributed by atoms with van der Waals surface area (Å²) in [5.41, 5.74) is 3.00. The Kier molecular flexibility index (Phi) is 4.11. The predicted molar refractivity (Wildman–Crippen MR) is 92.3 cm³/mol. The second-order valence-corrected chi connectivity index (χ2v) is 5.20. The molecular weight excluding hydrogens is 316 g/mol. The third kappa shape index (κ3) is 3.35. The number of pyridine rings is 1. The maximum absolute atomic E-state index is 5.52.